The number of carbonyl (C=O) groups excluding carboxylic acids is 1. The number of hydrogen-bond donors (Lipinski definition) is 2. The number of rotatable bonds is 5. The molecule has 19 heavy (non-hydrogen) atoms. The molecule has 0 aliphatic heterocycles. The van der Waals surface area contributed by atoms with Crippen LogP contribution in [0.1, 0.15) is 12.5 Å². The molecule has 1 aromatic heterocycles. The van der Waals surface area contributed by atoms with E-state index in [9.17, 15) is 4.79 Å². The summed E-state index contributed by atoms with van der Waals surface area (Å²) in [6.07, 6.45) is 2.59. The number of fused-ring (bicyclic) bond motifs is 1. The van der Waals surface area contributed by atoms with Gasteiger partial charge < -0.3 is 10.6 Å². The van der Waals surface area contributed by atoms with Gasteiger partial charge in [-0.2, -0.15) is 0 Å². The third-order valence-electron chi connectivity index (χ3n) is 3.24. The number of nitrogens with one attached hydrogen (secondary N) is 2. The number of nitrogens with zero attached hydrogens (tertiary/aromatic N) is 1. The highest BCUT2D eigenvalue weighted by atomic mass is 16.2. The zero-order valence-corrected chi connectivity index (χ0v) is 11.3. The van der Waals surface area contributed by atoms with Gasteiger partial charge in [-0.05, 0) is 32.0 Å². The van der Waals surface area contributed by atoms with Gasteiger partial charge >= 0.3 is 0 Å². The molecule has 2 rings (SSSR count). The van der Waals surface area contributed by atoms with Gasteiger partial charge in [-0.15, -0.1) is 0 Å². The fraction of sp³-hybridized carbons (Fsp3) is 0.333. The molecule has 4 heteroatoms. The molecule has 0 radical (unpaired) electrons. The minimum absolute atomic E-state index is 0.0238. The molecule has 1 atom stereocenters. The summed E-state index contributed by atoms with van der Waals surface area (Å²) < 4.78 is 0. The van der Waals surface area contributed by atoms with Crippen molar-refractivity contribution in [2.45, 2.75) is 19.4 Å². The SMILES string of the molecule is CNC(C)C(=O)NCCc1cccc2cccnc12. The quantitative estimate of drug-likeness (QED) is 0.853. The smallest absolute Gasteiger partial charge is 0.236 e. The highest BCUT2D eigenvalue weighted by Gasteiger charge is 2.09. The first-order valence-corrected chi connectivity index (χ1v) is 6.50. The van der Waals surface area contributed by atoms with Gasteiger partial charge in [0.2, 0.25) is 5.91 Å². The van der Waals surface area contributed by atoms with Crippen molar-refractivity contribution in [1.82, 2.24) is 15.6 Å². The maximum atomic E-state index is 11.6. The number of hydrogen-bond acceptors (Lipinski definition) is 3. The summed E-state index contributed by atoms with van der Waals surface area (Å²) in [5.74, 6) is 0.0238. The molecule has 4 nitrogen and oxygen atoms in total. The summed E-state index contributed by atoms with van der Waals surface area (Å²) in [7, 11) is 1.78. The third-order valence-corrected chi connectivity index (χ3v) is 3.24. The molecule has 0 fully saturated rings. The first-order valence-electron chi connectivity index (χ1n) is 6.50. The van der Waals surface area contributed by atoms with Crippen LogP contribution >= 0.6 is 0 Å². The lowest BCUT2D eigenvalue weighted by Gasteiger charge is -2.11. The van der Waals surface area contributed by atoms with E-state index in [1.807, 2.05) is 31.2 Å². The van der Waals surface area contributed by atoms with E-state index in [1.165, 1.54) is 0 Å². The first-order chi connectivity index (χ1) is 9.22. The number of amides is 1. The van der Waals surface area contributed by atoms with Crippen LogP contribution in [-0.2, 0) is 11.2 Å². The van der Waals surface area contributed by atoms with Crippen molar-refractivity contribution in [3.8, 4) is 0 Å². The molecular formula is C15H19N3O. The molecule has 0 bridgehead atoms. The van der Waals surface area contributed by atoms with Crippen LogP contribution in [0.15, 0.2) is 36.5 Å². The van der Waals surface area contributed by atoms with Gasteiger partial charge in [0.05, 0.1) is 11.6 Å². The van der Waals surface area contributed by atoms with Crippen molar-refractivity contribution in [2.75, 3.05) is 13.6 Å². The average Bonchev–Trinajstić information content (AvgIpc) is 2.46. The summed E-state index contributed by atoms with van der Waals surface area (Å²) in [4.78, 5) is 16.0. The largest absolute Gasteiger partial charge is 0.354 e. The van der Waals surface area contributed by atoms with E-state index in [2.05, 4.69) is 21.7 Å². The number of benzene rings is 1. The minimum atomic E-state index is -0.161. The Labute approximate surface area is 113 Å². The van der Waals surface area contributed by atoms with Crippen molar-refractivity contribution in [1.29, 1.82) is 0 Å². The van der Waals surface area contributed by atoms with Crippen LogP contribution in [0.2, 0.25) is 0 Å². The first kappa shape index (κ1) is 13.5. The van der Waals surface area contributed by atoms with Gasteiger partial charge in [0.25, 0.3) is 0 Å². The highest BCUT2D eigenvalue weighted by molar-refractivity contribution is 5.82. The molecule has 1 aromatic carbocycles. The zero-order valence-electron chi connectivity index (χ0n) is 11.3. The molecule has 100 valence electrons. The Kier molecular flexibility index (Phi) is 4.47. The van der Waals surface area contributed by atoms with Crippen LogP contribution in [0.4, 0.5) is 0 Å². The predicted molar refractivity (Wildman–Crippen MR) is 77.0 cm³/mol. The van der Waals surface area contributed by atoms with Gasteiger partial charge in [-0.25, -0.2) is 0 Å². The Morgan fingerprint density at radius 3 is 2.89 bits per heavy atom. The van der Waals surface area contributed by atoms with Gasteiger partial charge in [0, 0.05) is 18.1 Å². The predicted octanol–water partition coefficient (Wildman–Crippen LogP) is 1.50. The van der Waals surface area contributed by atoms with Gasteiger partial charge in [-0.3, -0.25) is 9.78 Å². The Morgan fingerprint density at radius 2 is 2.11 bits per heavy atom. The van der Waals surface area contributed by atoms with Crippen molar-refractivity contribution < 1.29 is 4.79 Å². The fourth-order valence-electron chi connectivity index (χ4n) is 1.97. The van der Waals surface area contributed by atoms with Crippen LogP contribution in [-0.4, -0.2) is 30.5 Å². The summed E-state index contributed by atoms with van der Waals surface area (Å²) in [6.45, 7) is 2.47. The summed E-state index contributed by atoms with van der Waals surface area (Å²) in [5, 5.41) is 6.97. The lowest BCUT2D eigenvalue weighted by molar-refractivity contribution is -0.122. The van der Waals surface area contributed by atoms with E-state index in [0.29, 0.717) is 6.54 Å². The van der Waals surface area contributed by atoms with Gasteiger partial charge in [0.1, 0.15) is 0 Å². The molecule has 0 saturated heterocycles. The van der Waals surface area contributed by atoms with Crippen molar-refractivity contribution in [3.05, 3.63) is 42.1 Å². The van der Waals surface area contributed by atoms with Gasteiger partial charge in [0.15, 0.2) is 0 Å². The minimum Gasteiger partial charge on any atom is -0.354 e. The van der Waals surface area contributed by atoms with Crippen LogP contribution in [0.3, 0.4) is 0 Å². The lowest BCUT2D eigenvalue weighted by atomic mass is 10.1. The standard InChI is InChI=1S/C15H19N3O/c1-11(16-2)15(19)18-10-8-13-6-3-5-12-7-4-9-17-14(12)13/h3-7,9,11,16H,8,10H2,1-2H3,(H,18,19). The number of likely N-dealkylation sites (N-methyl/N-ethyl adjacent to an activating group) is 1. The third kappa shape index (κ3) is 3.29. The van der Waals surface area contributed by atoms with E-state index in [0.717, 1.165) is 22.9 Å². The van der Waals surface area contributed by atoms with Crippen LogP contribution in [0.5, 0.6) is 0 Å². The monoisotopic (exact) mass is 257 g/mol. The molecule has 2 aromatic rings. The van der Waals surface area contributed by atoms with Crippen LogP contribution < -0.4 is 10.6 Å². The van der Waals surface area contributed by atoms with Crippen molar-refractivity contribution >= 4 is 16.8 Å². The molecule has 0 saturated carbocycles. The maximum Gasteiger partial charge on any atom is 0.236 e. The fourth-order valence-corrected chi connectivity index (χ4v) is 1.97. The molecule has 0 aliphatic carbocycles. The molecule has 0 aliphatic rings. The molecule has 1 amide bonds. The Bertz CT molecular complexity index is 563. The Hall–Kier alpha value is -1.94. The van der Waals surface area contributed by atoms with E-state index < -0.39 is 0 Å². The topological polar surface area (TPSA) is 54.0 Å². The van der Waals surface area contributed by atoms with Crippen molar-refractivity contribution in [3.63, 3.8) is 0 Å². The van der Waals surface area contributed by atoms with Crippen LogP contribution in [0.25, 0.3) is 10.9 Å². The second kappa shape index (κ2) is 6.29. The van der Waals surface area contributed by atoms with Crippen molar-refractivity contribution in [2.24, 2.45) is 0 Å². The van der Waals surface area contributed by atoms with Crippen LogP contribution in [0, 0.1) is 0 Å². The summed E-state index contributed by atoms with van der Waals surface area (Å²) >= 11 is 0. The second-order valence-corrected chi connectivity index (χ2v) is 4.54. The normalized spacial score (nSPS) is 12.3. The Morgan fingerprint density at radius 1 is 1.32 bits per heavy atom. The second-order valence-electron chi connectivity index (χ2n) is 4.54. The average molecular weight is 257 g/mol. The molecule has 1 heterocycles. The summed E-state index contributed by atoms with van der Waals surface area (Å²) in [6, 6.07) is 9.95. The van der Waals surface area contributed by atoms with Gasteiger partial charge in [-0.1, -0.05) is 24.3 Å². The highest BCUT2D eigenvalue weighted by Crippen LogP contribution is 2.15. The van der Waals surface area contributed by atoms with E-state index in [4.69, 9.17) is 0 Å². The number of para-hydroxylation sites is 1. The summed E-state index contributed by atoms with van der Waals surface area (Å²) in [5.41, 5.74) is 2.18. The molecule has 2 N–H and O–H groups in total. The molecule has 0 spiro atoms. The maximum absolute atomic E-state index is 11.6. The van der Waals surface area contributed by atoms with E-state index in [-0.39, 0.29) is 11.9 Å². The lowest BCUT2D eigenvalue weighted by Crippen LogP contribution is -2.41. The number of aromatic nitrogens is 1. The number of carbonyl (C=O) groups is 1. The molecular weight excluding hydrogens is 238 g/mol. The molecule has 1 unspecified atom stereocenters. The zero-order chi connectivity index (χ0) is 13.7. The van der Waals surface area contributed by atoms with E-state index >= 15 is 0 Å². The number of pyridine rings is 1. The Balaban J connectivity index is 2.01. The van der Waals surface area contributed by atoms with E-state index in [1.54, 1.807) is 13.2 Å².